The summed E-state index contributed by atoms with van der Waals surface area (Å²) in [4.78, 5) is 0. The smallest absolute Gasteiger partial charge is 0.0250 e. The van der Waals surface area contributed by atoms with Crippen molar-refractivity contribution >= 4 is 28.1 Å². The van der Waals surface area contributed by atoms with Crippen molar-refractivity contribution in [2.24, 2.45) is 0 Å². The molecule has 3 aromatic carbocycles. The highest BCUT2D eigenvalue weighted by Gasteiger charge is 2.29. The molecule has 0 bridgehead atoms. The lowest BCUT2D eigenvalue weighted by molar-refractivity contribution is 0.569. The Balaban J connectivity index is 1.49. The molecule has 0 nitrogen and oxygen atoms in total. The molecule has 2 aliphatic carbocycles. The van der Waals surface area contributed by atoms with Crippen LogP contribution in [0, 0.1) is 0 Å². The first-order chi connectivity index (χ1) is 17.3. The van der Waals surface area contributed by atoms with Crippen LogP contribution in [0.2, 0.25) is 0 Å². The summed E-state index contributed by atoms with van der Waals surface area (Å²) < 4.78 is 1.21. The van der Waals surface area contributed by atoms with Gasteiger partial charge in [0.05, 0.1) is 0 Å². The highest BCUT2D eigenvalue weighted by atomic mass is 79.9. The summed E-state index contributed by atoms with van der Waals surface area (Å²) in [5.41, 5.74) is 14.6. The van der Waals surface area contributed by atoms with Gasteiger partial charge in [-0.15, -0.1) is 0 Å². The minimum Gasteiger partial charge on any atom is -0.0652 e. The summed E-state index contributed by atoms with van der Waals surface area (Å²) in [7, 11) is 0. The summed E-state index contributed by atoms with van der Waals surface area (Å²) in [6.07, 6.45) is 7.20. The van der Waals surface area contributed by atoms with Gasteiger partial charge in [-0.2, -0.15) is 0 Å². The summed E-state index contributed by atoms with van der Waals surface area (Å²) in [5, 5.41) is 0. The van der Waals surface area contributed by atoms with Crippen LogP contribution in [-0.2, 0) is 10.8 Å². The molecule has 0 aliphatic heterocycles. The molecule has 192 valence electrons. The maximum Gasteiger partial charge on any atom is 0.0250 e. The van der Waals surface area contributed by atoms with Crippen LogP contribution in [0.3, 0.4) is 0 Å². The van der Waals surface area contributed by atoms with Gasteiger partial charge in [0, 0.05) is 16.3 Å². The molecule has 2 unspecified atom stereocenters. The number of hydrogen-bond acceptors (Lipinski definition) is 0. The summed E-state index contributed by atoms with van der Waals surface area (Å²) >= 11 is 3.76. The SMILES string of the molecule is CC1=Cc2c(Br)cccc2C1CCC1C(C)=Cc2c(-c3cc(C(C)(C)C)cc(C(C)(C)C)c3)cccc21. The largest absolute Gasteiger partial charge is 0.0652 e. The van der Waals surface area contributed by atoms with Gasteiger partial charge in [0.25, 0.3) is 0 Å². The Hall–Kier alpha value is -2.38. The summed E-state index contributed by atoms with van der Waals surface area (Å²) in [5.74, 6) is 1.01. The van der Waals surface area contributed by atoms with Crippen LogP contribution in [-0.4, -0.2) is 0 Å². The van der Waals surface area contributed by atoms with E-state index in [-0.39, 0.29) is 10.8 Å². The van der Waals surface area contributed by atoms with Crippen molar-refractivity contribution in [3.63, 3.8) is 0 Å². The van der Waals surface area contributed by atoms with Gasteiger partial charge in [-0.25, -0.2) is 0 Å². The third-order valence-corrected chi connectivity index (χ3v) is 9.23. The van der Waals surface area contributed by atoms with Gasteiger partial charge in [0.1, 0.15) is 0 Å². The number of hydrogen-bond donors (Lipinski definition) is 0. The van der Waals surface area contributed by atoms with Crippen LogP contribution >= 0.6 is 15.9 Å². The Morgan fingerprint density at radius 3 is 1.68 bits per heavy atom. The second kappa shape index (κ2) is 9.42. The molecule has 0 amide bonds. The van der Waals surface area contributed by atoms with E-state index >= 15 is 0 Å². The predicted molar refractivity (Wildman–Crippen MR) is 165 cm³/mol. The quantitative estimate of drug-likeness (QED) is 0.301. The topological polar surface area (TPSA) is 0 Å². The molecule has 0 heterocycles. The average molecular weight is 554 g/mol. The van der Waals surface area contributed by atoms with Crippen LogP contribution in [0.25, 0.3) is 23.3 Å². The molecule has 37 heavy (non-hydrogen) atoms. The summed E-state index contributed by atoms with van der Waals surface area (Å²) in [6.45, 7) is 18.6. The van der Waals surface area contributed by atoms with Crippen molar-refractivity contribution in [3.8, 4) is 11.1 Å². The highest BCUT2D eigenvalue weighted by Crippen LogP contribution is 2.48. The molecule has 5 rings (SSSR count). The first kappa shape index (κ1) is 26.2. The molecule has 0 saturated heterocycles. The Bertz CT molecular complexity index is 1390. The Kier molecular flexibility index (Phi) is 6.68. The van der Waals surface area contributed by atoms with E-state index in [2.05, 4.69) is 138 Å². The van der Waals surface area contributed by atoms with Gasteiger partial charge >= 0.3 is 0 Å². The van der Waals surface area contributed by atoms with Gasteiger partial charge in [-0.3, -0.25) is 0 Å². The molecule has 0 fully saturated rings. The van der Waals surface area contributed by atoms with Gasteiger partial charge in [0.15, 0.2) is 0 Å². The fourth-order valence-electron chi connectivity index (χ4n) is 6.21. The van der Waals surface area contributed by atoms with E-state index in [1.54, 1.807) is 0 Å². The lowest BCUT2D eigenvalue weighted by Gasteiger charge is -2.27. The fourth-order valence-corrected chi connectivity index (χ4v) is 6.70. The molecule has 0 spiro atoms. The summed E-state index contributed by atoms with van der Waals surface area (Å²) in [6, 6.07) is 20.9. The maximum atomic E-state index is 3.76. The van der Waals surface area contributed by atoms with Crippen molar-refractivity contribution in [1.29, 1.82) is 0 Å². The number of allylic oxidation sites excluding steroid dienone is 2. The minimum atomic E-state index is 0.111. The van der Waals surface area contributed by atoms with Crippen molar-refractivity contribution < 1.29 is 0 Å². The lowest BCUT2D eigenvalue weighted by atomic mass is 9.78. The fraction of sp³-hybridized carbons (Fsp3) is 0.389. The normalized spacial score (nSPS) is 18.9. The van der Waals surface area contributed by atoms with Crippen molar-refractivity contribution in [1.82, 2.24) is 0 Å². The minimum absolute atomic E-state index is 0.111. The van der Waals surface area contributed by atoms with Crippen LogP contribution in [0.1, 0.15) is 113 Å². The number of benzene rings is 3. The molecular formula is C36H41Br. The standard InChI is InChI=1S/C36H41Br/c1-22-17-32-29(24-19-25(35(3,4)5)21-26(20-24)36(6,7)8)11-9-12-30(32)27(22)15-16-28-23(2)18-33-31(28)13-10-14-34(33)37/h9-14,17-21,27-28H,15-16H2,1-8H3. The molecule has 0 aromatic heterocycles. The zero-order valence-electron chi connectivity index (χ0n) is 23.8. The number of halogens is 1. The predicted octanol–water partition coefficient (Wildman–Crippen LogP) is 11.2. The van der Waals surface area contributed by atoms with E-state index in [1.165, 1.54) is 73.0 Å². The van der Waals surface area contributed by atoms with Crippen molar-refractivity contribution in [2.45, 2.75) is 90.9 Å². The molecule has 2 aliphatic rings. The Morgan fingerprint density at radius 1 is 0.649 bits per heavy atom. The lowest BCUT2D eigenvalue weighted by Crippen LogP contribution is -2.16. The van der Waals surface area contributed by atoms with Crippen LogP contribution in [0.4, 0.5) is 0 Å². The Labute approximate surface area is 233 Å². The monoisotopic (exact) mass is 552 g/mol. The molecule has 0 saturated carbocycles. The zero-order chi connectivity index (χ0) is 26.7. The van der Waals surface area contributed by atoms with Gasteiger partial charge < -0.3 is 0 Å². The van der Waals surface area contributed by atoms with E-state index in [9.17, 15) is 0 Å². The zero-order valence-corrected chi connectivity index (χ0v) is 25.4. The Morgan fingerprint density at radius 2 is 1.14 bits per heavy atom. The maximum absolute atomic E-state index is 3.76. The van der Waals surface area contributed by atoms with Gasteiger partial charge in [-0.1, -0.05) is 129 Å². The molecular weight excluding hydrogens is 512 g/mol. The second-order valence-corrected chi connectivity index (χ2v) is 14.2. The third-order valence-electron chi connectivity index (χ3n) is 8.54. The highest BCUT2D eigenvalue weighted by molar-refractivity contribution is 9.10. The number of rotatable bonds is 4. The van der Waals surface area contributed by atoms with Gasteiger partial charge in [0.2, 0.25) is 0 Å². The molecule has 1 heteroatoms. The first-order valence-corrected chi connectivity index (χ1v) is 14.6. The van der Waals surface area contributed by atoms with E-state index < -0.39 is 0 Å². The third kappa shape index (κ3) is 4.92. The van der Waals surface area contributed by atoms with Crippen LogP contribution < -0.4 is 0 Å². The average Bonchev–Trinajstić information content (AvgIpc) is 3.32. The van der Waals surface area contributed by atoms with Crippen LogP contribution in [0.15, 0.2) is 70.2 Å². The second-order valence-electron chi connectivity index (χ2n) is 13.3. The molecule has 3 aromatic rings. The molecule has 0 N–H and O–H groups in total. The van der Waals surface area contributed by atoms with E-state index in [0.717, 1.165) is 0 Å². The van der Waals surface area contributed by atoms with E-state index in [0.29, 0.717) is 11.8 Å². The molecule has 2 atom stereocenters. The number of fused-ring (bicyclic) bond motifs is 2. The van der Waals surface area contributed by atoms with E-state index in [4.69, 9.17) is 0 Å². The van der Waals surface area contributed by atoms with Gasteiger partial charge in [-0.05, 0) is 88.1 Å². The van der Waals surface area contributed by atoms with E-state index in [1.807, 2.05) is 0 Å². The molecule has 0 radical (unpaired) electrons. The van der Waals surface area contributed by atoms with Crippen molar-refractivity contribution in [2.75, 3.05) is 0 Å². The van der Waals surface area contributed by atoms with Crippen molar-refractivity contribution in [3.05, 3.63) is 104 Å². The first-order valence-electron chi connectivity index (χ1n) is 13.8. The van der Waals surface area contributed by atoms with Crippen LogP contribution in [0.5, 0.6) is 0 Å².